The van der Waals surface area contributed by atoms with Crippen molar-refractivity contribution in [1.29, 1.82) is 0 Å². The van der Waals surface area contributed by atoms with Gasteiger partial charge in [-0.15, -0.1) is 0 Å². The van der Waals surface area contributed by atoms with E-state index in [1.54, 1.807) is 16.7 Å². The first-order valence-electron chi connectivity index (χ1n) is 10.6. The van der Waals surface area contributed by atoms with Gasteiger partial charge in [0, 0.05) is 30.0 Å². The Bertz CT molecular complexity index is 1140. The van der Waals surface area contributed by atoms with Crippen molar-refractivity contribution in [3.63, 3.8) is 0 Å². The predicted molar refractivity (Wildman–Crippen MR) is 128 cm³/mol. The highest BCUT2D eigenvalue weighted by molar-refractivity contribution is 7.98. The topological polar surface area (TPSA) is 90.5 Å². The van der Waals surface area contributed by atoms with Crippen LogP contribution in [-0.4, -0.2) is 46.1 Å². The first kappa shape index (κ1) is 23.7. The maximum Gasteiger partial charge on any atom is 0.270 e. The number of hydrogen-bond donors (Lipinski definition) is 0. The maximum absolute atomic E-state index is 13.2. The van der Waals surface area contributed by atoms with E-state index in [9.17, 15) is 14.9 Å². The SMILES string of the molecule is CCN(CC)CCCn1c(SCc2cc([N+](=O)[O-])ccc2OC)nc2ccccc2c1=O. The fourth-order valence-corrected chi connectivity index (χ4v) is 4.58. The van der Waals surface area contributed by atoms with Crippen molar-refractivity contribution in [2.24, 2.45) is 0 Å². The first-order chi connectivity index (χ1) is 15.5. The van der Waals surface area contributed by atoms with Gasteiger partial charge in [-0.3, -0.25) is 19.5 Å². The van der Waals surface area contributed by atoms with E-state index >= 15 is 0 Å². The fraction of sp³-hybridized carbons (Fsp3) is 0.391. The molecule has 9 heteroatoms. The predicted octanol–water partition coefficient (Wildman–Crippen LogP) is 4.34. The van der Waals surface area contributed by atoms with Crippen LogP contribution in [0.25, 0.3) is 10.9 Å². The molecule has 32 heavy (non-hydrogen) atoms. The number of methoxy groups -OCH3 is 1. The molecule has 8 nitrogen and oxygen atoms in total. The van der Waals surface area contributed by atoms with Gasteiger partial charge in [0.15, 0.2) is 5.16 Å². The summed E-state index contributed by atoms with van der Waals surface area (Å²) in [5, 5.41) is 12.4. The average molecular weight is 457 g/mol. The highest BCUT2D eigenvalue weighted by Crippen LogP contribution is 2.30. The quantitative estimate of drug-likeness (QED) is 0.183. The summed E-state index contributed by atoms with van der Waals surface area (Å²) in [5.74, 6) is 0.963. The normalized spacial score (nSPS) is 11.2. The number of nitro groups is 1. The second-order valence-corrected chi connectivity index (χ2v) is 8.23. The van der Waals surface area contributed by atoms with E-state index in [0.717, 1.165) is 26.1 Å². The molecule has 0 saturated heterocycles. The summed E-state index contributed by atoms with van der Waals surface area (Å²) in [6.45, 7) is 7.64. The molecule has 170 valence electrons. The van der Waals surface area contributed by atoms with Gasteiger partial charge in [-0.05, 0) is 44.3 Å². The van der Waals surface area contributed by atoms with Crippen LogP contribution in [0.2, 0.25) is 0 Å². The zero-order valence-corrected chi connectivity index (χ0v) is 19.4. The monoisotopic (exact) mass is 456 g/mol. The van der Waals surface area contributed by atoms with Crippen LogP contribution in [0.3, 0.4) is 0 Å². The molecule has 3 aromatic rings. The van der Waals surface area contributed by atoms with E-state index in [1.807, 2.05) is 18.2 Å². The molecular formula is C23H28N4O4S. The minimum atomic E-state index is -0.426. The van der Waals surface area contributed by atoms with Gasteiger partial charge in [-0.1, -0.05) is 37.7 Å². The van der Waals surface area contributed by atoms with Gasteiger partial charge in [0.05, 0.1) is 22.9 Å². The number of nitro benzene ring substituents is 1. The van der Waals surface area contributed by atoms with Gasteiger partial charge >= 0.3 is 0 Å². The number of rotatable bonds is 11. The van der Waals surface area contributed by atoms with E-state index in [1.165, 1.54) is 31.0 Å². The Morgan fingerprint density at radius 2 is 1.94 bits per heavy atom. The van der Waals surface area contributed by atoms with Crippen molar-refractivity contribution >= 4 is 28.4 Å². The number of ether oxygens (including phenoxy) is 1. The number of hydrogen-bond acceptors (Lipinski definition) is 7. The second-order valence-electron chi connectivity index (χ2n) is 7.29. The van der Waals surface area contributed by atoms with Crippen LogP contribution in [0.1, 0.15) is 25.8 Å². The Morgan fingerprint density at radius 1 is 1.19 bits per heavy atom. The van der Waals surface area contributed by atoms with Crippen molar-refractivity contribution in [3.05, 3.63) is 68.5 Å². The van der Waals surface area contributed by atoms with Crippen LogP contribution in [0.5, 0.6) is 5.75 Å². The van der Waals surface area contributed by atoms with Crippen molar-refractivity contribution < 1.29 is 9.66 Å². The van der Waals surface area contributed by atoms with Crippen LogP contribution in [0.4, 0.5) is 5.69 Å². The number of aromatic nitrogens is 2. The Morgan fingerprint density at radius 3 is 2.62 bits per heavy atom. The smallest absolute Gasteiger partial charge is 0.270 e. The molecule has 1 heterocycles. The highest BCUT2D eigenvalue weighted by atomic mass is 32.2. The van der Waals surface area contributed by atoms with Crippen LogP contribution in [-0.2, 0) is 12.3 Å². The van der Waals surface area contributed by atoms with Gasteiger partial charge < -0.3 is 9.64 Å². The summed E-state index contributed by atoms with van der Waals surface area (Å²) in [5.41, 5.74) is 1.27. The third-order valence-electron chi connectivity index (χ3n) is 5.41. The van der Waals surface area contributed by atoms with Gasteiger partial charge in [0.25, 0.3) is 11.2 Å². The van der Waals surface area contributed by atoms with Crippen LogP contribution >= 0.6 is 11.8 Å². The van der Waals surface area contributed by atoms with E-state index < -0.39 is 4.92 Å². The summed E-state index contributed by atoms with van der Waals surface area (Å²) in [6, 6.07) is 11.8. The summed E-state index contributed by atoms with van der Waals surface area (Å²) >= 11 is 1.39. The standard InChI is InChI=1S/C23H28N4O4S/c1-4-25(5-2)13-8-14-26-22(28)19-9-6-7-10-20(19)24-23(26)32-16-17-15-18(27(29)30)11-12-21(17)31-3/h6-7,9-12,15H,4-5,8,13-14,16H2,1-3H3. The molecule has 0 bridgehead atoms. The Balaban J connectivity index is 1.92. The molecule has 0 fully saturated rings. The fourth-order valence-electron chi connectivity index (χ4n) is 3.58. The molecule has 1 aromatic heterocycles. The lowest BCUT2D eigenvalue weighted by Gasteiger charge is -2.19. The lowest BCUT2D eigenvalue weighted by molar-refractivity contribution is -0.384. The molecule has 2 aromatic carbocycles. The molecule has 0 aliphatic carbocycles. The number of nitrogens with zero attached hydrogens (tertiary/aromatic N) is 4. The second kappa shape index (κ2) is 11.1. The molecule has 0 N–H and O–H groups in total. The van der Waals surface area contributed by atoms with Crippen molar-refractivity contribution in [1.82, 2.24) is 14.5 Å². The van der Waals surface area contributed by atoms with E-state index in [4.69, 9.17) is 9.72 Å². The third kappa shape index (κ3) is 5.46. The van der Waals surface area contributed by atoms with Crippen LogP contribution < -0.4 is 10.3 Å². The van der Waals surface area contributed by atoms with Gasteiger partial charge in [0.1, 0.15) is 5.75 Å². The largest absolute Gasteiger partial charge is 0.496 e. The van der Waals surface area contributed by atoms with Crippen LogP contribution in [0, 0.1) is 10.1 Å². The third-order valence-corrected chi connectivity index (χ3v) is 6.43. The molecule has 0 unspecified atom stereocenters. The summed E-state index contributed by atoms with van der Waals surface area (Å²) in [4.78, 5) is 31.0. The Kier molecular flexibility index (Phi) is 8.24. The van der Waals surface area contributed by atoms with E-state index in [-0.39, 0.29) is 11.2 Å². The van der Waals surface area contributed by atoms with Gasteiger partial charge in [-0.25, -0.2) is 4.98 Å². The number of para-hydroxylation sites is 1. The molecule has 0 radical (unpaired) electrons. The minimum absolute atomic E-state index is 0.00415. The Hall–Kier alpha value is -2.91. The summed E-state index contributed by atoms with van der Waals surface area (Å²) in [6.07, 6.45) is 0.829. The van der Waals surface area contributed by atoms with Crippen LogP contribution in [0.15, 0.2) is 52.4 Å². The van der Waals surface area contributed by atoms with Crippen molar-refractivity contribution in [2.75, 3.05) is 26.7 Å². The van der Waals surface area contributed by atoms with Crippen molar-refractivity contribution in [2.45, 2.75) is 37.7 Å². The average Bonchev–Trinajstić information content (AvgIpc) is 2.81. The van der Waals surface area contributed by atoms with Crippen molar-refractivity contribution in [3.8, 4) is 5.75 Å². The van der Waals surface area contributed by atoms with E-state index in [0.29, 0.717) is 39.7 Å². The number of benzene rings is 2. The maximum atomic E-state index is 13.2. The number of fused-ring (bicyclic) bond motifs is 1. The molecule has 0 spiro atoms. The molecule has 0 aliphatic heterocycles. The van der Waals surface area contributed by atoms with Gasteiger partial charge in [0.2, 0.25) is 0 Å². The van der Waals surface area contributed by atoms with Gasteiger partial charge in [-0.2, -0.15) is 0 Å². The lowest BCUT2D eigenvalue weighted by Crippen LogP contribution is -2.28. The Labute approximate surface area is 191 Å². The molecule has 0 aliphatic rings. The first-order valence-corrected chi connectivity index (χ1v) is 11.6. The highest BCUT2D eigenvalue weighted by Gasteiger charge is 2.15. The lowest BCUT2D eigenvalue weighted by atomic mass is 10.2. The molecular weight excluding hydrogens is 428 g/mol. The minimum Gasteiger partial charge on any atom is -0.496 e. The zero-order valence-electron chi connectivity index (χ0n) is 18.6. The molecule has 3 rings (SSSR count). The molecule has 0 saturated carbocycles. The molecule has 0 atom stereocenters. The van der Waals surface area contributed by atoms with E-state index in [2.05, 4.69) is 18.7 Å². The molecule has 0 amide bonds. The number of non-ortho nitro benzene ring substituents is 1. The summed E-state index contributed by atoms with van der Waals surface area (Å²) in [7, 11) is 1.53. The number of thioether (sulfide) groups is 1. The zero-order chi connectivity index (χ0) is 23.1. The summed E-state index contributed by atoms with van der Waals surface area (Å²) < 4.78 is 7.10.